The summed E-state index contributed by atoms with van der Waals surface area (Å²) in [5.74, 6) is 0. The summed E-state index contributed by atoms with van der Waals surface area (Å²) in [4.78, 5) is 0. The van der Waals surface area contributed by atoms with Crippen molar-refractivity contribution in [1.82, 2.24) is 10.2 Å². The van der Waals surface area contributed by atoms with Gasteiger partial charge in [0.15, 0.2) is 4.34 Å². The predicted octanol–water partition coefficient (Wildman–Crippen LogP) is 2.10. The molecule has 0 bridgehead atoms. The third-order valence-electron chi connectivity index (χ3n) is 1.78. The van der Waals surface area contributed by atoms with Gasteiger partial charge in [-0.15, -0.1) is 10.2 Å². The van der Waals surface area contributed by atoms with Gasteiger partial charge in [0, 0.05) is 5.25 Å². The van der Waals surface area contributed by atoms with Crippen LogP contribution in [-0.4, -0.2) is 26.2 Å². The fourth-order valence-corrected chi connectivity index (χ4v) is 2.70. The molecule has 0 amide bonds. The number of aromatic nitrogens is 2. The van der Waals surface area contributed by atoms with Crippen LogP contribution in [0, 0.1) is 6.92 Å². The lowest BCUT2D eigenvalue weighted by atomic mass is 10.1. The van der Waals surface area contributed by atoms with Crippen LogP contribution in [0.1, 0.15) is 25.8 Å². The molecule has 1 unspecified atom stereocenters. The fraction of sp³-hybridized carbons (Fsp3) is 0.750. The lowest BCUT2D eigenvalue weighted by Gasteiger charge is -2.23. The highest BCUT2D eigenvalue weighted by molar-refractivity contribution is 8.01. The van der Waals surface area contributed by atoms with Gasteiger partial charge in [0.05, 0.1) is 5.60 Å². The number of hydrogen-bond donors (Lipinski definition) is 1. The summed E-state index contributed by atoms with van der Waals surface area (Å²) in [6.07, 6.45) is 0. The molecule has 74 valence electrons. The molecule has 0 spiro atoms. The standard InChI is InChI=1S/C8H14N2OS2/c1-5(8(3,4)11)12-7-10-9-6(2)13-7/h5,11H,1-4H3. The fourth-order valence-electron chi connectivity index (χ4n) is 0.621. The van der Waals surface area contributed by atoms with E-state index in [0.717, 1.165) is 9.35 Å². The number of thioether (sulfide) groups is 1. The van der Waals surface area contributed by atoms with Gasteiger partial charge in [-0.3, -0.25) is 0 Å². The third kappa shape index (κ3) is 3.25. The summed E-state index contributed by atoms with van der Waals surface area (Å²) < 4.78 is 0.923. The first-order valence-corrected chi connectivity index (χ1v) is 5.78. The van der Waals surface area contributed by atoms with Crippen LogP contribution < -0.4 is 0 Å². The Kier molecular flexibility index (Phi) is 3.32. The molecule has 3 nitrogen and oxygen atoms in total. The number of nitrogens with zero attached hydrogens (tertiary/aromatic N) is 2. The van der Waals surface area contributed by atoms with E-state index < -0.39 is 5.60 Å². The Hall–Kier alpha value is -0.130. The summed E-state index contributed by atoms with van der Waals surface area (Å²) in [6.45, 7) is 7.52. The van der Waals surface area contributed by atoms with E-state index in [1.54, 1.807) is 36.9 Å². The van der Waals surface area contributed by atoms with Crippen LogP contribution in [0.3, 0.4) is 0 Å². The molecule has 13 heavy (non-hydrogen) atoms. The maximum absolute atomic E-state index is 9.69. The minimum absolute atomic E-state index is 0.125. The lowest BCUT2D eigenvalue weighted by molar-refractivity contribution is 0.0824. The Morgan fingerprint density at radius 2 is 2.08 bits per heavy atom. The molecule has 0 saturated heterocycles. The average molecular weight is 218 g/mol. The van der Waals surface area contributed by atoms with E-state index in [1.807, 2.05) is 13.8 Å². The molecule has 1 heterocycles. The zero-order valence-electron chi connectivity index (χ0n) is 8.24. The SMILES string of the molecule is Cc1nnc(SC(C)C(C)(C)O)s1. The van der Waals surface area contributed by atoms with Crippen LogP contribution >= 0.6 is 23.1 Å². The molecule has 1 atom stereocenters. The van der Waals surface area contributed by atoms with Crippen molar-refractivity contribution in [1.29, 1.82) is 0 Å². The van der Waals surface area contributed by atoms with Gasteiger partial charge in [0.1, 0.15) is 5.01 Å². The van der Waals surface area contributed by atoms with Crippen molar-refractivity contribution in [3.05, 3.63) is 5.01 Å². The molecule has 1 aromatic rings. The minimum atomic E-state index is -0.676. The summed E-state index contributed by atoms with van der Waals surface area (Å²) >= 11 is 3.13. The van der Waals surface area contributed by atoms with Crippen LogP contribution in [-0.2, 0) is 0 Å². The van der Waals surface area contributed by atoms with Crippen LogP contribution in [0.5, 0.6) is 0 Å². The van der Waals surface area contributed by atoms with Crippen LogP contribution in [0.2, 0.25) is 0 Å². The molecular weight excluding hydrogens is 204 g/mol. The molecule has 0 saturated carbocycles. The Morgan fingerprint density at radius 1 is 1.46 bits per heavy atom. The highest BCUT2D eigenvalue weighted by Gasteiger charge is 2.24. The van der Waals surface area contributed by atoms with E-state index in [1.165, 1.54) is 0 Å². The molecule has 0 radical (unpaired) electrons. The number of aryl methyl sites for hydroxylation is 1. The van der Waals surface area contributed by atoms with Gasteiger partial charge in [0.25, 0.3) is 0 Å². The molecule has 1 N–H and O–H groups in total. The van der Waals surface area contributed by atoms with Crippen LogP contribution in [0.25, 0.3) is 0 Å². The van der Waals surface area contributed by atoms with E-state index >= 15 is 0 Å². The number of rotatable bonds is 3. The highest BCUT2D eigenvalue weighted by atomic mass is 32.2. The van der Waals surface area contributed by atoms with E-state index in [4.69, 9.17) is 0 Å². The van der Waals surface area contributed by atoms with Crippen molar-refractivity contribution >= 4 is 23.1 Å². The van der Waals surface area contributed by atoms with Gasteiger partial charge >= 0.3 is 0 Å². The second-order valence-corrected chi connectivity index (χ2v) is 6.27. The molecule has 0 aliphatic carbocycles. The third-order valence-corrected chi connectivity index (χ3v) is 4.17. The second kappa shape index (κ2) is 3.94. The Bertz CT molecular complexity index is 280. The van der Waals surface area contributed by atoms with Gasteiger partial charge in [0.2, 0.25) is 0 Å². The van der Waals surface area contributed by atoms with Gasteiger partial charge in [-0.2, -0.15) is 0 Å². The number of aliphatic hydroxyl groups is 1. The Balaban J connectivity index is 2.60. The van der Waals surface area contributed by atoms with E-state index in [0.29, 0.717) is 0 Å². The highest BCUT2D eigenvalue weighted by Crippen LogP contribution is 2.31. The monoisotopic (exact) mass is 218 g/mol. The maximum Gasteiger partial charge on any atom is 0.174 e. The molecule has 0 fully saturated rings. The number of hydrogen-bond acceptors (Lipinski definition) is 5. The Labute approximate surface area is 86.6 Å². The molecule has 1 aromatic heterocycles. The summed E-state index contributed by atoms with van der Waals surface area (Å²) in [5, 5.41) is 18.7. The topological polar surface area (TPSA) is 46.0 Å². The van der Waals surface area contributed by atoms with Crippen molar-refractivity contribution in [2.75, 3.05) is 0 Å². The molecule has 0 aliphatic heterocycles. The molecular formula is C8H14N2OS2. The molecule has 5 heteroatoms. The van der Waals surface area contributed by atoms with Crippen molar-refractivity contribution in [2.45, 2.75) is 42.9 Å². The Morgan fingerprint density at radius 3 is 2.46 bits per heavy atom. The molecule has 0 aromatic carbocycles. The zero-order chi connectivity index (χ0) is 10.1. The van der Waals surface area contributed by atoms with Crippen molar-refractivity contribution in [3.8, 4) is 0 Å². The van der Waals surface area contributed by atoms with Gasteiger partial charge < -0.3 is 5.11 Å². The van der Waals surface area contributed by atoms with E-state index in [-0.39, 0.29) is 5.25 Å². The largest absolute Gasteiger partial charge is 0.389 e. The van der Waals surface area contributed by atoms with Crippen LogP contribution in [0.4, 0.5) is 0 Å². The van der Waals surface area contributed by atoms with Gasteiger partial charge in [-0.05, 0) is 20.8 Å². The summed E-state index contributed by atoms with van der Waals surface area (Å²) in [5.41, 5.74) is -0.676. The zero-order valence-corrected chi connectivity index (χ0v) is 9.87. The van der Waals surface area contributed by atoms with Crippen molar-refractivity contribution in [2.24, 2.45) is 0 Å². The van der Waals surface area contributed by atoms with Gasteiger partial charge in [-0.25, -0.2) is 0 Å². The smallest absolute Gasteiger partial charge is 0.174 e. The van der Waals surface area contributed by atoms with Crippen LogP contribution in [0.15, 0.2) is 4.34 Å². The minimum Gasteiger partial charge on any atom is -0.389 e. The summed E-state index contributed by atoms with van der Waals surface area (Å²) in [6, 6.07) is 0. The predicted molar refractivity (Wildman–Crippen MR) is 56.3 cm³/mol. The lowest BCUT2D eigenvalue weighted by Crippen LogP contribution is -2.30. The normalized spacial score (nSPS) is 14.5. The average Bonchev–Trinajstić information content (AvgIpc) is 2.33. The molecule has 1 rings (SSSR count). The quantitative estimate of drug-likeness (QED) is 0.789. The molecule has 0 aliphatic rings. The summed E-state index contributed by atoms with van der Waals surface area (Å²) in [7, 11) is 0. The van der Waals surface area contributed by atoms with E-state index in [9.17, 15) is 5.11 Å². The maximum atomic E-state index is 9.69. The second-order valence-electron chi connectivity index (χ2n) is 3.50. The first-order valence-electron chi connectivity index (χ1n) is 4.08. The van der Waals surface area contributed by atoms with Crippen molar-refractivity contribution in [3.63, 3.8) is 0 Å². The first kappa shape index (κ1) is 10.9. The van der Waals surface area contributed by atoms with E-state index in [2.05, 4.69) is 10.2 Å². The van der Waals surface area contributed by atoms with Gasteiger partial charge in [-0.1, -0.05) is 30.0 Å². The van der Waals surface area contributed by atoms with Crippen molar-refractivity contribution < 1.29 is 5.11 Å². The first-order chi connectivity index (χ1) is 5.89.